The fourth-order valence-corrected chi connectivity index (χ4v) is 2.38. The Morgan fingerprint density at radius 2 is 1.89 bits per heavy atom. The van der Waals surface area contributed by atoms with Gasteiger partial charge in [0.1, 0.15) is 0 Å². The summed E-state index contributed by atoms with van der Waals surface area (Å²) in [6, 6.07) is 5.29. The van der Waals surface area contributed by atoms with E-state index in [2.05, 4.69) is 33.9 Å². The summed E-state index contributed by atoms with van der Waals surface area (Å²) >= 11 is 0. The Kier molecular flexibility index (Phi) is 4.53. The molecular weight excluding hydrogens is 258 g/mol. The van der Waals surface area contributed by atoms with Crippen molar-refractivity contribution in [3.8, 4) is 0 Å². The third kappa shape index (κ3) is 3.88. The molecule has 0 aromatic heterocycles. The van der Waals surface area contributed by atoms with Crippen molar-refractivity contribution in [1.82, 2.24) is 0 Å². The minimum atomic E-state index is -1.82. The van der Waals surface area contributed by atoms with Crippen molar-refractivity contribution < 1.29 is 9.35 Å². The molecule has 5 heteroatoms. The zero-order valence-electron chi connectivity index (χ0n) is 12.6. The fourth-order valence-electron chi connectivity index (χ4n) is 1.42. The Morgan fingerprint density at radius 1 is 1.32 bits per heavy atom. The van der Waals surface area contributed by atoms with E-state index in [0.717, 1.165) is 5.56 Å². The number of rotatable bonds is 4. The maximum absolute atomic E-state index is 10.9. The number of nitro groups is 1. The summed E-state index contributed by atoms with van der Waals surface area (Å²) < 4.78 is 6.07. The van der Waals surface area contributed by atoms with Crippen molar-refractivity contribution in [2.24, 2.45) is 0 Å². The summed E-state index contributed by atoms with van der Waals surface area (Å²) in [6.07, 6.45) is 0. The number of benzene rings is 1. The van der Waals surface area contributed by atoms with Crippen LogP contribution < -0.4 is 0 Å². The van der Waals surface area contributed by atoms with Crippen LogP contribution in [0.4, 0.5) is 5.69 Å². The van der Waals surface area contributed by atoms with Gasteiger partial charge in [0.15, 0.2) is 8.32 Å². The van der Waals surface area contributed by atoms with E-state index in [-0.39, 0.29) is 15.6 Å². The van der Waals surface area contributed by atoms with E-state index < -0.39 is 8.32 Å². The first-order valence-electron chi connectivity index (χ1n) is 6.42. The Labute approximate surface area is 116 Å². The Morgan fingerprint density at radius 3 is 2.37 bits per heavy atom. The lowest BCUT2D eigenvalue weighted by atomic mass is 10.1. The Balaban J connectivity index is 2.85. The molecule has 0 spiro atoms. The lowest BCUT2D eigenvalue weighted by Gasteiger charge is -2.36. The number of aryl methyl sites for hydroxylation is 1. The lowest BCUT2D eigenvalue weighted by molar-refractivity contribution is -0.385. The van der Waals surface area contributed by atoms with Crippen LogP contribution in [0.15, 0.2) is 18.2 Å². The summed E-state index contributed by atoms with van der Waals surface area (Å²) in [4.78, 5) is 10.6. The van der Waals surface area contributed by atoms with Crippen molar-refractivity contribution in [2.75, 3.05) is 0 Å². The Bertz CT molecular complexity index is 478. The first kappa shape index (κ1) is 15.9. The van der Waals surface area contributed by atoms with Gasteiger partial charge in [-0.15, -0.1) is 0 Å². The average molecular weight is 281 g/mol. The number of nitro benzene ring substituents is 1. The minimum absolute atomic E-state index is 0.142. The van der Waals surface area contributed by atoms with E-state index in [0.29, 0.717) is 12.2 Å². The van der Waals surface area contributed by atoms with Gasteiger partial charge in [0.25, 0.3) is 5.69 Å². The summed E-state index contributed by atoms with van der Waals surface area (Å²) in [7, 11) is -1.82. The van der Waals surface area contributed by atoms with E-state index in [1.165, 1.54) is 0 Å². The summed E-state index contributed by atoms with van der Waals surface area (Å²) in [5.41, 5.74) is 1.71. The van der Waals surface area contributed by atoms with Crippen LogP contribution in [0.1, 0.15) is 31.9 Å². The highest BCUT2D eigenvalue weighted by atomic mass is 28.4. The van der Waals surface area contributed by atoms with Crippen molar-refractivity contribution in [3.05, 3.63) is 39.4 Å². The van der Waals surface area contributed by atoms with Crippen LogP contribution in [0.25, 0.3) is 0 Å². The van der Waals surface area contributed by atoms with Gasteiger partial charge in [-0.1, -0.05) is 32.9 Å². The SMILES string of the molecule is Cc1ccc(CO[Si](C)(C)C(C)(C)C)cc1[N+](=O)[O-]. The number of hydrogen-bond acceptors (Lipinski definition) is 3. The molecule has 0 radical (unpaired) electrons. The summed E-state index contributed by atoms with van der Waals surface area (Å²) in [6.45, 7) is 13.1. The zero-order chi connectivity index (χ0) is 14.8. The third-order valence-electron chi connectivity index (χ3n) is 3.88. The van der Waals surface area contributed by atoms with Gasteiger partial charge in [0.05, 0.1) is 11.5 Å². The summed E-state index contributed by atoms with van der Waals surface area (Å²) in [5, 5.41) is 11.1. The second kappa shape index (κ2) is 5.42. The summed E-state index contributed by atoms with van der Waals surface area (Å²) in [5.74, 6) is 0. The van der Waals surface area contributed by atoms with Crippen LogP contribution >= 0.6 is 0 Å². The van der Waals surface area contributed by atoms with Crippen LogP contribution in [0.2, 0.25) is 18.1 Å². The first-order chi connectivity index (χ1) is 8.54. The van der Waals surface area contributed by atoms with Crippen molar-refractivity contribution >= 4 is 14.0 Å². The molecule has 0 N–H and O–H groups in total. The first-order valence-corrected chi connectivity index (χ1v) is 9.33. The smallest absolute Gasteiger partial charge is 0.272 e. The molecule has 0 unspecified atom stereocenters. The molecule has 0 amide bonds. The standard InChI is InChI=1S/C14H23NO3Si/c1-11-7-8-12(9-13(11)15(16)17)10-18-19(5,6)14(2,3)4/h7-9H,10H2,1-6H3. The van der Waals surface area contributed by atoms with Gasteiger partial charge in [-0.2, -0.15) is 0 Å². The maximum atomic E-state index is 10.9. The molecule has 19 heavy (non-hydrogen) atoms. The molecule has 1 rings (SSSR count). The molecule has 0 aliphatic heterocycles. The van der Waals surface area contributed by atoms with Gasteiger partial charge in [-0.05, 0) is 30.6 Å². The van der Waals surface area contributed by atoms with Gasteiger partial charge in [-0.25, -0.2) is 0 Å². The number of nitrogens with zero attached hydrogens (tertiary/aromatic N) is 1. The minimum Gasteiger partial charge on any atom is -0.413 e. The third-order valence-corrected chi connectivity index (χ3v) is 8.35. The van der Waals surface area contributed by atoms with E-state index in [4.69, 9.17) is 4.43 Å². The second-order valence-corrected chi connectivity index (χ2v) is 11.2. The van der Waals surface area contributed by atoms with Crippen LogP contribution in [0.3, 0.4) is 0 Å². The fraction of sp³-hybridized carbons (Fsp3) is 0.571. The molecule has 106 valence electrons. The molecule has 0 saturated carbocycles. The van der Waals surface area contributed by atoms with Gasteiger partial charge in [0.2, 0.25) is 0 Å². The van der Waals surface area contributed by atoms with Crippen LogP contribution in [-0.4, -0.2) is 13.2 Å². The highest BCUT2D eigenvalue weighted by Gasteiger charge is 2.37. The molecule has 4 nitrogen and oxygen atoms in total. The molecular formula is C14H23NO3Si. The van der Waals surface area contributed by atoms with Gasteiger partial charge >= 0.3 is 0 Å². The monoisotopic (exact) mass is 281 g/mol. The highest BCUT2D eigenvalue weighted by Crippen LogP contribution is 2.37. The van der Waals surface area contributed by atoms with Crippen molar-refractivity contribution in [2.45, 2.75) is 52.4 Å². The Hall–Kier alpha value is -1.20. The normalized spacial score (nSPS) is 12.5. The van der Waals surface area contributed by atoms with E-state index in [9.17, 15) is 10.1 Å². The lowest BCUT2D eigenvalue weighted by Crippen LogP contribution is -2.40. The van der Waals surface area contributed by atoms with Gasteiger partial charge in [-0.3, -0.25) is 10.1 Å². The number of hydrogen-bond donors (Lipinski definition) is 0. The zero-order valence-corrected chi connectivity index (χ0v) is 13.6. The molecule has 0 aliphatic carbocycles. The quantitative estimate of drug-likeness (QED) is 0.466. The van der Waals surface area contributed by atoms with E-state index in [1.54, 1.807) is 19.1 Å². The van der Waals surface area contributed by atoms with Gasteiger partial charge in [0, 0.05) is 11.6 Å². The molecule has 1 aromatic rings. The molecule has 0 fully saturated rings. The van der Waals surface area contributed by atoms with Crippen molar-refractivity contribution in [1.29, 1.82) is 0 Å². The molecule has 0 saturated heterocycles. The van der Waals surface area contributed by atoms with E-state index >= 15 is 0 Å². The molecule has 0 atom stereocenters. The molecule has 0 heterocycles. The van der Waals surface area contributed by atoms with Crippen molar-refractivity contribution in [3.63, 3.8) is 0 Å². The average Bonchev–Trinajstić information content (AvgIpc) is 2.26. The molecule has 0 bridgehead atoms. The topological polar surface area (TPSA) is 52.4 Å². The second-order valence-electron chi connectivity index (χ2n) is 6.43. The molecule has 0 aliphatic rings. The van der Waals surface area contributed by atoms with Crippen LogP contribution in [-0.2, 0) is 11.0 Å². The van der Waals surface area contributed by atoms with E-state index in [1.807, 2.05) is 6.07 Å². The van der Waals surface area contributed by atoms with Gasteiger partial charge < -0.3 is 4.43 Å². The molecule has 1 aromatic carbocycles. The van der Waals surface area contributed by atoms with Crippen LogP contribution in [0, 0.1) is 17.0 Å². The predicted molar refractivity (Wildman–Crippen MR) is 79.8 cm³/mol. The maximum Gasteiger partial charge on any atom is 0.272 e. The highest BCUT2D eigenvalue weighted by molar-refractivity contribution is 6.74. The van der Waals surface area contributed by atoms with Crippen LogP contribution in [0.5, 0.6) is 0 Å². The predicted octanol–water partition coefficient (Wildman–Crippen LogP) is 4.43. The largest absolute Gasteiger partial charge is 0.413 e.